The number of hydrogen-bond donors (Lipinski definition) is 1. The molecule has 1 N–H and O–H groups in total. The average Bonchev–Trinajstić information content (AvgIpc) is 2.90. The number of hydrogen-bond acceptors (Lipinski definition) is 3. The minimum absolute atomic E-state index is 0.234. The lowest BCUT2D eigenvalue weighted by atomic mass is 9.71. The van der Waals surface area contributed by atoms with Crippen LogP contribution in [0.3, 0.4) is 0 Å². The van der Waals surface area contributed by atoms with E-state index in [2.05, 4.69) is 5.32 Å². The third kappa shape index (κ3) is 2.74. The first-order valence-electron chi connectivity index (χ1n) is 7.54. The van der Waals surface area contributed by atoms with Crippen LogP contribution >= 0.6 is 0 Å². The molecule has 1 heterocycles. The normalized spacial score (nSPS) is 35.2. The van der Waals surface area contributed by atoms with E-state index in [1.165, 1.54) is 51.4 Å². The van der Waals surface area contributed by atoms with Gasteiger partial charge in [0.25, 0.3) is 0 Å². The van der Waals surface area contributed by atoms with Gasteiger partial charge in [-0.1, -0.05) is 12.8 Å². The zero-order valence-corrected chi connectivity index (χ0v) is 12.0. The standard InChI is InChI=1S/C14H25NO2S/c16-18(17)10-5-13(11-18)15-12-3-8-14(9-4-12)6-1-2-7-14/h12-13,15H,1-11H2. The highest BCUT2D eigenvalue weighted by Crippen LogP contribution is 2.48. The predicted molar refractivity (Wildman–Crippen MR) is 73.4 cm³/mol. The summed E-state index contributed by atoms with van der Waals surface area (Å²) in [7, 11) is -2.73. The number of nitrogens with one attached hydrogen (secondary N) is 1. The van der Waals surface area contributed by atoms with E-state index < -0.39 is 9.84 Å². The SMILES string of the molecule is O=S1(=O)CCC(NC2CCC3(CCCC3)CC2)C1. The molecule has 0 radical (unpaired) electrons. The van der Waals surface area contributed by atoms with E-state index in [-0.39, 0.29) is 6.04 Å². The van der Waals surface area contributed by atoms with Crippen LogP contribution in [0.5, 0.6) is 0 Å². The van der Waals surface area contributed by atoms with E-state index in [1.807, 2.05) is 0 Å². The van der Waals surface area contributed by atoms with Crippen LogP contribution in [0.25, 0.3) is 0 Å². The van der Waals surface area contributed by atoms with E-state index in [4.69, 9.17) is 0 Å². The van der Waals surface area contributed by atoms with Gasteiger partial charge >= 0.3 is 0 Å². The lowest BCUT2D eigenvalue weighted by Crippen LogP contribution is -2.42. The van der Waals surface area contributed by atoms with Gasteiger partial charge in [-0.05, 0) is 50.4 Å². The van der Waals surface area contributed by atoms with Crippen LogP contribution in [0, 0.1) is 5.41 Å². The van der Waals surface area contributed by atoms with Crippen molar-refractivity contribution >= 4 is 9.84 Å². The van der Waals surface area contributed by atoms with Crippen LogP contribution in [-0.2, 0) is 9.84 Å². The van der Waals surface area contributed by atoms with Gasteiger partial charge in [0.1, 0.15) is 0 Å². The second kappa shape index (κ2) is 4.78. The molecule has 4 heteroatoms. The van der Waals surface area contributed by atoms with Crippen LogP contribution in [0.4, 0.5) is 0 Å². The van der Waals surface area contributed by atoms with Gasteiger partial charge < -0.3 is 5.32 Å². The Labute approximate surface area is 111 Å². The van der Waals surface area contributed by atoms with Crippen molar-refractivity contribution in [2.45, 2.75) is 69.9 Å². The molecule has 0 amide bonds. The first-order chi connectivity index (χ1) is 8.57. The molecule has 2 aliphatic carbocycles. The lowest BCUT2D eigenvalue weighted by molar-refractivity contribution is 0.164. The van der Waals surface area contributed by atoms with Gasteiger partial charge in [-0.2, -0.15) is 0 Å². The van der Waals surface area contributed by atoms with Crippen LogP contribution in [0.15, 0.2) is 0 Å². The number of rotatable bonds is 2. The molecule has 3 aliphatic rings. The summed E-state index contributed by atoms with van der Waals surface area (Å²) < 4.78 is 22.9. The highest BCUT2D eigenvalue weighted by atomic mass is 32.2. The fourth-order valence-corrected chi connectivity index (χ4v) is 5.97. The average molecular weight is 271 g/mol. The monoisotopic (exact) mass is 271 g/mol. The van der Waals surface area contributed by atoms with Crippen molar-refractivity contribution in [1.82, 2.24) is 5.32 Å². The minimum atomic E-state index is -2.73. The van der Waals surface area contributed by atoms with E-state index >= 15 is 0 Å². The van der Waals surface area contributed by atoms with Crippen LogP contribution in [0.2, 0.25) is 0 Å². The maximum atomic E-state index is 11.4. The van der Waals surface area contributed by atoms with Crippen molar-refractivity contribution in [2.24, 2.45) is 5.41 Å². The van der Waals surface area contributed by atoms with Gasteiger partial charge in [-0.25, -0.2) is 8.42 Å². The Bertz CT molecular complexity index is 388. The fourth-order valence-electron chi connectivity index (χ4n) is 4.28. The summed E-state index contributed by atoms with van der Waals surface area (Å²) in [5.74, 6) is 0.760. The molecular weight excluding hydrogens is 246 g/mol. The molecule has 1 atom stereocenters. The molecule has 2 saturated carbocycles. The molecule has 1 unspecified atom stereocenters. The van der Waals surface area contributed by atoms with Crippen molar-refractivity contribution in [3.05, 3.63) is 0 Å². The molecule has 1 spiro atoms. The maximum absolute atomic E-state index is 11.4. The van der Waals surface area contributed by atoms with Crippen molar-refractivity contribution < 1.29 is 8.42 Å². The first-order valence-corrected chi connectivity index (χ1v) is 9.36. The van der Waals surface area contributed by atoms with E-state index in [0.29, 0.717) is 23.0 Å². The number of sulfone groups is 1. The third-order valence-electron chi connectivity index (χ3n) is 5.41. The summed E-state index contributed by atoms with van der Waals surface area (Å²) >= 11 is 0. The Hall–Kier alpha value is -0.0900. The topological polar surface area (TPSA) is 46.2 Å². The molecular formula is C14H25NO2S. The van der Waals surface area contributed by atoms with E-state index in [9.17, 15) is 8.42 Å². The zero-order chi connectivity index (χ0) is 12.6. The highest BCUT2D eigenvalue weighted by molar-refractivity contribution is 7.91. The molecule has 1 saturated heterocycles. The van der Waals surface area contributed by atoms with Gasteiger partial charge in [0.05, 0.1) is 11.5 Å². The third-order valence-corrected chi connectivity index (χ3v) is 7.18. The Balaban J connectivity index is 1.49. The molecule has 0 aromatic rings. The Morgan fingerprint density at radius 1 is 0.889 bits per heavy atom. The molecule has 3 nitrogen and oxygen atoms in total. The molecule has 0 aromatic carbocycles. The first kappa shape index (κ1) is 12.9. The van der Waals surface area contributed by atoms with Gasteiger partial charge in [0.15, 0.2) is 9.84 Å². The summed E-state index contributed by atoms with van der Waals surface area (Å²) in [5, 5.41) is 3.60. The van der Waals surface area contributed by atoms with E-state index in [0.717, 1.165) is 6.42 Å². The largest absolute Gasteiger partial charge is 0.310 e. The van der Waals surface area contributed by atoms with Gasteiger partial charge in [0.2, 0.25) is 0 Å². The molecule has 0 aromatic heterocycles. The molecule has 18 heavy (non-hydrogen) atoms. The van der Waals surface area contributed by atoms with Crippen LogP contribution < -0.4 is 5.32 Å². The second-order valence-corrected chi connectivity index (χ2v) is 8.98. The summed E-state index contributed by atoms with van der Waals surface area (Å²) in [5.41, 5.74) is 0.680. The summed E-state index contributed by atoms with van der Waals surface area (Å²) in [4.78, 5) is 0. The van der Waals surface area contributed by atoms with Gasteiger partial charge in [-0.3, -0.25) is 0 Å². The Kier molecular flexibility index (Phi) is 3.43. The van der Waals surface area contributed by atoms with Crippen molar-refractivity contribution in [3.63, 3.8) is 0 Å². The quantitative estimate of drug-likeness (QED) is 0.838. The van der Waals surface area contributed by atoms with Crippen LogP contribution in [0.1, 0.15) is 57.8 Å². The molecule has 3 rings (SSSR count). The Morgan fingerprint density at radius 3 is 2.11 bits per heavy atom. The second-order valence-electron chi connectivity index (χ2n) is 6.75. The maximum Gasteiger partial charge on any atom is 0.151 e. The summed E-state index contributed by atoms with van der Waals surface area (Å²) in [6, 6.07) is 0.812. The molecule has 104 valence electrons. The summed E-state index contributed by atoms with van der Waals surface area (Å²) in [6.07, 6.45) is 11.8. The predicted octanol–water partition coefficient (Wildman–Crippen LogP) is 2.27. The van der Waals surface area contributed by atoms with Gasteiger partial charge in [0, 0.05) is 12.1 Å². The summed E-state index contributed by atoms with van der Waals surface area (Å²) in [6.45, 7) is 0. The highest BCUT2D eigenvalue weighted by Gasteiger charge is 2.38. The smallest absolute Gasteiger partial charge is 0.151 e. The van der Waals surface area contributed by atoms with Gasteiger partial charge in [-0.15, -0.1) is 0 Å². The fraction of sp³-hybridized carbons (Fsp3) is 1.00. The minimum Gasteiger partial charge on any atom is -0.310 e. The van der Waals surface area contributed by atoms with Crippen molar-refractivity contribution in [2.75, 3.05) is 11.5 Å². The molecule has 3 fully saturated rings. The van der Waals surface area contributed by atoms with Crippen molar-refractivity contribution in [3.8, 4) is 0 Å². The van der Waals surface area contributed by atoms with Crippen LogP contribution in [-0.4, -0.2) is 32.0 Å². The Morgan fingerprint density at radius 2 is 1.56 bits per heavy atom. The van der Waals surface area contributed by atoms with E-state index in [1.54, 1.807) is 0 Å². The lowest BCUT2D eigenvalue weighted by Gasteiger charge is -2.38. The molecule has 0 bridgehead atoms. The zero-order valence-electron chi connectivity index (χ0n) is 11.2. The molecule has 1 aliphatic heterocycles. The van der Waals surface area contributed by atoms with Crippen molar-refractivity contribution in [1.29, 1.82) is 0 Å².